The van der Waals surface area contributed by atoms with E-state index < -0.39 is 0 Å². The third-order valence-electron chi connectivity index (χ3n) is 4.61. The lowest BCUT2D eigenvalue weighted by Crippen LogP contribution is -2.36. The lowest BCUT2D eigenvalue weighted by atomic mass is 10.1. The molecule has 0 unspecified atom stereocenters. The van der Waals surface area contributed by atoms with E-state index in [2.05, 4.69) is 52.5 Å². The van der Waals surface area contributed by atoms with Crippen LogP contribution in [0.4, 0.5) is 5.69 Å². The highest BCUT2D eigenvalue weighted by atomic mass is 32.2. The molecule has 1 aromatic carbocycles. The summed E-state index contributed by atoms with van der Waals surface area (Å²) in [4.78, 5) is 22.5. The first-order chi connectivity index (χ1) is 12.2. The summed E-state index contributed by atoms with van der Waals surface area (Å²) in [5.74, 6) is 0.227. The lowest BCUT2D eigenvalue weighted by Gasteiger charge is -2.24. The van der Waals surface area contributed by atoms with E-state index >= 15 is 0 Å². The Hall–Kier alpha value is -2.01. The summed E-state index contributed by atoms with van der Waals surface area (Å²) in [6, 6.07) is 12.5. The first-order valence-electron chi connectivity index (χ1n) is 8.74. The zero-order valence-electron chi connectivity index (χ0n) is 14.9. The molecule has 2 aromatic rings. The van der Waals surface area contributed by atoms with Crippen molar-refractivity contribution in [2.24, 2.45) is 0 Å². The molecule has 2 heterocycles. The Labute approximate surface area is 154 Å². The molecular weight excluding hydrogens is 330 g/mol. The third kappa shape index (κ3) is 4.75. The molecule has 25 heavy (non-hydrogen) atoms. The molecule has 0 bridgehead atoms. The van der Waals surface area contributed by atoms with Crippen LogP contribution in [0.25, 0.3) is 0 Å². The van der Waals surface area contributed by atoms with Gasteiger partial charge in [0, 0.05) is 48.7 Å². The Balaban J connectivity index is 1.59. The number of carbonyl (C=O) groups is 1. The Morgan fingerprint density at radius 1 is 1.12 bits per heavy atom. The molecule has 1 aliphatic heterocycles. The van der Waals surface area contributed by atoms with Gasteiger partial charge >= 0.3 is 0 Å². The molecular formula is C20H25N3OS. The quantitative estimate of drug-likeness (QED) is 0.788. The van der Waals surface area contributed by atoms with Crippen molar-refractivity contribution in [2.45, 2.75) is 24.7 Å². The van der Waals surface area contributed by atoms with E-state index in [1.54, 1.807) is 11.8 Å². The van der Waals surface area contributed by atoms with Crippen molar-refractivity contribution in [1.29, 1.82) is 0 Å². The van der Waals surface area contributed by atoms with Crippen LogP contribution in [0.2, 0.25) is 0 Å². The number of rotatable bonds is 4. The Kier molecular flexibility index (Phi) is 5.97. The van der Waals surface area contributed by atoms with Gasteiger partial charge in [0.25, 0.3) is 0 Å². The van der Waals surface area contributed by atoms with Crippen LogP contribution in [0.15, 0.2) is 47.5 Å². The van der Waals surface area contributed by atoms with E-state index in [1.807, 2.05) is 18.0 Å². The predicted octanol–water partition coefficient (Wildman–Crippen LogP) is 3.39. The normalized spacial score (nSPS) is 15.1. The molecule has 0 radical (unpaired) electrons. The average Bonchev–Trinajstić information content (AvgIpc) is 2.88. The van der Waals surface area contributed by atoms with Gasteiger partial charge in [0.1, 0.15) is 0 Å². The minimum Gasteiger partial charge on any atom is -0.370 e. The van der Waals surface area contributed by atoms with E-state index in [0.29, 0.717) is 6.42 Å². The second kappa shape index (κ2) is 8.39. The average molecular weight is 356 g/mol. The van der Waals surface area contributed by atoms with E-state index in [1.165, 1.54) is 10.6 Å². The number of carbonyl (C=O) groups excluding carboxylic acids is 1. The van der Waals surface area contributed by atoms with Crippen LogP contribution in [0.5, 0.6) is 0 Å². The van der Waals surface area contributed by atoms with Crippen molar-refractivity contribution in [1.82, 2.24) is 9.88 Å². The van der Waals surface area contributed by atoms with Crippen molar-refractivity contribution in [3.8, 4) is 0 Å². The number of benzene rings is 1. The summed E-state index contributed by atoms with van der Waals surface area (Å²) in [6.07, 6.45) is 5.41. The summed E-state index contributed by atoms with van der Waals surface area (Å²) in [5.41, 5.74) is 3.33. The summed E-state index contributed by atoms with van der Waals surface area (Å²) in [5, 5.41) is 0. The molecule has 1 aliphatic rings. The maximum absolute atomic E-state index is 12.7. The molecule has 3 rings (SSSR count). The zero-order chi connectivity index (χ0) is 17.6. The van der Waals surface area contributed by atoms with Crippen LogP contribution >= 0.6 is 11.8 Å². The number of amides is 1. The van der Waals surface area contributed by atoms with Gasteiger partial charge < -0.3 is 9.80 Å². The van der Waals surface area contributed by atoms with Crippen LogP contribution in [0.1, 0.15) is 17.7 Å². The van der Waals surface area contributed by atoms with Crippen LogP contribution in [-0.4, -0.2) is 48.2 Å². The van der Waals surface area contributed by atoms with Gasteiger partial charge in [-0.3, -0.25) is 9.78 Å². The van der Waals surface area contributed by atoms with Gasteiger partial charge in [-0.15, -0.1) is 11.8 Å². The smallest absolute Gasteiger partial charge is 0.227 e. The molecule has 0 N–H and O–H groups in total. The zero-order valence-corrected chi connectivity index (χ0v) is 15.8. The van der Waals surface area contributed by atoms with Gasteiger partial charge in [0.2, 0.25) is 5.91 Å². The van der Waals surface area contributed by atoms with Gasteiger partial charge in [-0.25, -0.2) is 0 Å². The molecule has 4 nitrogen and oxygen atoms in total. The molecule has 1 aromatic heterocycles. The largest absolute Gasteiger partial charge is 0.370 e. The summed E-state index contributed by atoms with van der Waals surface area (Å²) in [7, 11) is 0. The van der Waals surface area contributed by atoms with E-state index in [-0.39, 0.29) is 5.91 Å². The number of pyridine rings is 1. The standard InChI is InChI=1S/C20H25N3OS/c1-16-14-18(8-9-21-16)22-10-3-11-23(13-12-22)20(24)15-17-4-6-19(25-2)7-5-17/h4-9,14H,3,10-13,15H2,1-2H3. The number of aryl methyl sites for hydroxylation is 1. The first kappa shape index (κ1) is 17.8. The number of nitrogens with zero attached hydrogens (tertiary/aromatic N) is 3. The van der Waals surface area contributed by atoms with Crippen molar-refractivity contribution < 1.29 is 4.79 Å². The maximum Gasteiger partial charge on any atom is 0.227 e. The van der Waals surface area contributed by atoms with Crippen LogP contribution in [0.3, 0.4) is 0 Å². The Morgan fingerprint density at radius 2 is 1.92 bits per heavy atom. The Morgan fingerprint density at radius 3 is 2.64 bits per heavy atom. The maximum atomic E-state index is 12.7. The minimum absolute atomic E-state index is 0.227. The highest BCUT2D eigenvalue weighted by Gasteiger charge is 2.19. The molecule has 0 atom stereocenters. The lowest BCUT2D eigenvalue weighted by molar-refractivity contribution is -0.130. The number of anilines is 1. The van der Waals surface area contributed by atoms with Gasteiger partial charge in [0.15, 0.2) is 0 Å². The number of aromatic nitrogens is 1. The fourth-order valence-electron chi connectivity index (χ4n) is 3.18. The van der Waals surface area contributed by atoms with Crippen molar-refractivity contribution in [3.63, 3.8) is 0 Å². The van der Waals surface area contributed by atoms with Gasteiger partial charge in [0.05, 0.1) is 6.42 Å². The third-order valence-corrected chi connectivity index (χ3v) is 5.35. The highest BCUT2D eigenvalue weighted by molar-refractivity contribution is 7.98. The monoisotopic (exact) mass is 355 g/mol. The highest BCUT2D eigenvalue weighted by Crippen LogP contribution is 2.18. The number of hydrogen-bond donors (Lipinski definition) is 0. The number of thioether (sulfide) groups is 1. The molecule has 1 amide bonds. The fraction of sp³-hybridized carbons (Fsp3) is 0.400. The van der Waals surface area contributed by atoms with Crippen molar-refractivity contribution >= 4 is 23.4 Å². The van der Waals surface area contributed by atoms with E-state index in [9.17, 15) is 4.79 Å². The second-order valence-electron chi connectivity index (χ2n) is 6.40. The Bertz CT molecular complexity index is 717. The molecule has 0 spiro atoms. The minimum atomic E-state index is 0.227. The van der Waals surface area contributed by atoms with Gasteiger partial charge in [-0.05, 0) is 49.4 Å². The molecule has 0 aliphatic carbocycles. The first-order valence-corrected chi connectivity index (χ1v) is 9.96. The predicted molar refractivity (Wildman–Crippen MR) is 104 cm³/mol. The molecule has 5 heteroatoms. The van der Waals surface area contributed by atoms with Crippen molar-refractivity contribution in [2.75, 3.05) is 37.3 Å². The second-order valence-corrected chi connectivity index (χ2v) is 7.28. The fourth-order valence-corrected chi connectivity index (χ4v) is 3.59. The van der Waals surface area contributed by atoms with Crippen LogP contribution < -0.4 is 4.90 Å². The van der Waals surface area contributed by atoms with Crippen LogP contribution in [0, 0.1) is 6.92 Å². The summed E-state index contributed by atoms with van der Waals surface area (Å²) in [6.45, 7) is 5.49. The molecule has 0 saturated carbocycles. The van der Waals surface area contributed by atoms with Crippen molar-refractivity contribution in [3.05, 3.63) is 53.9 Å². The van der Waals surface area contributed by atoms with E-state index in [0.717, 1.165) is 43.9 Å². The molecule has 132 valence electrons. The number of hydrogen-bond acceptors (Lipinski definition) is 4. The topological polar surface area (TPSA) is 36.4 Å². The molecule has 1 fully saturated rings. The summed E-state index contributed by atoms with van der Waals surface area (Å²) >= 11 is 1.72. The SMILES string of the molecule is CSc1ccc(CC(=O)N2CCCN(c3ccnc(C)c3)CC2)cc1. The summed E-state index contributed by atoms with van der Waals surface area (Å²) < 4.78 is 0. The van der Waals surface area contributed by atoms with Crippen LogP contribution in [-0.2, 0) is 11.2 Å². The van der Waals surface area contributed by atoms with Gasteiger partial charge in [-0.2, -0.15) is 0 Å². The van der Waals surface area contributed by atoms with Gasteiger partial charge in [-0.1, -0.05) is 12.1 Å². The molecule has 1 saturated heterocycles. The van der Waals surface area contributed by atoms with E-state index in [4.69, 9.17) is 0 Å².